The number of pyridine rings is 1. The van der Waals surface area contributed by atoms with Gasteiger partial charge < -0.3 is 19.7 Å². The first-order valence-electron chi connectivity index (χ1n) is 8.31. The predicted octanol–water partition coefficient (Wildman–Crippen LogP) is 1.70. The second-order valence-corrected chi connectivity index (χ2v) is 6.01. The van der Waals surface area contributed by atoms with Gasteiger partial charge in [0, 0.05) is 44.6 Å². The molecule has 0 bridgehead atoms. The molecule has 1 unspecified atom stereocenters. The Morgan fingerprint density at radius 2 is 1.92 bits per heavy atom. The summed E-state index contributed by atoms with van der Waals surface area (Å²) in [5.41, 5.74) is 3.23. The number of piperazine rings is 1. The summed E-state index contributed by atoms with van der Waals surface area (Å²) >= 11 is 0. The van der Waals surface area contributed by atoms with Gasteiger partial charge in [-0.1, -0.05) is 24.3 Å². The van der Waals surface area contributed by atoms with Crippen LogP contribution in [0.4, 0.5) is 0 Å². The number of carbonyl (C=O) groups is 1. The second kappa shape index (κ2) is 8.09. The van der Waals surface area contributed by atoms with Gasteiger partial charge >= 0.3 is 0 Å². The predicted molar refractivity (Wildman–Crippen MR) is 95.3 cm³/mol. The van der Waals surface area contributed by atoms with Crippen LogP contribution in [0.1, 0.15) is 5.56 Å². The van der Waals surface area contributed by atoms with Gasteiger partial charge in [-0.05, 0) is 17.2 Å². The van der Waals surface area contributed by atoms with Gasteiger partial charge in [0.25, 0.3) is 0 Å². The van der Waals surface area contributed by atoms with Crippen LogP contribution >= 0.6 is 0 Å². The standard InChI is InChI=1S/C19H23N3O3/c1-24-13-17-19(23)22(10-9-20-17)12-14-3-5-15(6-4-14)16-7-8-18(25-2)21-11-16/h3-8,11,17,20H,9-10,12-13H2,1-2H3. The minimum absolute atomic E-state index is 0.0940. The molecule has 0 spiro atoms. The van der Waals surface area contributed by atoms with Gasteiger partial charge in [-0.25, -0.2) is 4.98 Å². The largest absolute Gasteiger partial charge is 0.481 e. The smallest absolute Gasteiger partial charge is 0.242 e. The number of methoxy groups -OCH3 is 2. The molecule has 0 radical (unpaired) electrons. The number of ether oxygens (including phenoxy) is 2. The van der Waals surface area contributed by atoms with E-state index in [-0.39, 0.29) is 11.9 Å². The first kappa shape index (κ1) is 17.4. The average Bonchev–Trinajstić information content (AvgIpc) is 2.66. The molecule has 6 heteroatoms. The fourth-order valence-corrected chi connectivity index (χ4v) is 2.94. The van der Waals surface area contributed by atoms with Crippen molar-refractivity contribution in [3.05, 3.63) is 48.2 Å². The first-order valence-corrected chi connectivity index (χ1v) is 8.31. The minimum Gasteiger partial charge on any atom is -0.481 e. The highest BCUT2D eigenvalue weighted by atomic mass is 16.5. The highest BCUT2D eigenvalue weighted by Crippen LogP contribution is 2.21. The van der Waals surface area contributed by atoms with E-state index in [1.165, 1.54) is 0 Å². The van der Waals surface area contributed by atoms with E-state index in [9.17, 15) is 4.79 Å². The lowest BCUT2D eigenvalue weighted by atomic mass is 10.0. The van der Waals surface area contributed by atoms with E-state index in [4.69, 9.17) is 9.47 Å². The Balaban J connectivity index is 1.66. The van der Waals surface area contributed by atoms with E-state index < -0.39 is 0 Å². The molecule has 1 aliphatic heterocycles. The molecular weight excluding hydrogens is 318 g/mol. The zero-order valence-electron chi connectivity index (χ0n) is 14.6. The maximum absolute atomic E-state index is 12.4. The summed E-state index contributed by atoms with van der Waals surface area (Å²) in [6.07, 6.45) is 1.79. The fourth-order valence-electron chi connectivity index (χ4n) is 2.94. The molecule has 1 atom stereocenters. The first-order chi connectivity index (χ1) is 12.2. The van der Waals surface area contributed by atoms with Crippen LogP contribution in [0.2, 0.25) is 0 Å². The van der Waals surface area contributed by atoms with Crippen LogP contribution in [-0.2, 0) is 16.1 Å². The topological polar surface area (TPSA) is 63.7 Å². The van der Waals surface area contributed by atoms with Crippen molar-refractivity contribution in [2.24, 2.45) is 0 Å². The van der Waals surface area contributed by atoms with E-state index in [2.05, 4.69) is 34.6 Å². The molecule has 1 fully saturated rings. The lowest BCUT2D eigenvalue weighted by Gasteiger charge is -2.33. The number of rotatable bonds is 6. The van der Waals surface area contributed by atoms with Crippen LogP contribution in [0.25, 0.3) is 11.1 Å². The third-order valence-corrected chi connectivity index (χ3v) is 4.32. The maximum Gasteiger partial charge on any atom is 0.242 e. The SMILES string of the molecule is COCC1NCCN(Cc2ccc(-c3ccc(OC)nc3)cc2)C1=O. The van der Waals surface area contributed by atoms with Crippen molar-refractivity contribution in [1.29, 1.82) is 0 Å². The van der Waals surface area contributed by atoms with Crippen LogP contribution in [-0.4, -0.2) is 55.7 Å². The van der Waals surface area contributed by atoms with Gasteiger partial charge in [-0.3, -0.25) is 4.79 Å². The zero-order valence-corrected chi connectivity index (χ0v) is 14.6. The highest BCUT2D eigenvalue weighted by Gasteiger charge is 2.27. The number of carbonyl (C=O) groups excluding carboxylic acids is 1. The van der Waals surface area contributed by atoms with Crippen molar-refractivity contribution in [3.63, 3.8) is 0 Å². The molecule has 1 amide bonds. The summed E-state index contributed by atoms with van der Waals surface area (Å²) in [6.45, 7) is 2.51. The van der Waals surface area contributed by atoms with E-state index in [1.807, 2.05) is 17.0 Å². The van der Waals surface area contributed by atoms with Crippen molar-refractivity contribution >= 4 is 5.91 Å². The Labute approximate surface area is 147 Å². The van der Waals surface area contributed by atoms with Crippen LogP contribution in [0.5, 0.6) is 5.88 Å². The van der Waals surface area contributed by atoms with Crippen molar-refractivity contribution in [1.82, 2.24) is 15.2 Å². The Hall–Kier alpha value is -2.44. The number of amides is 1. The van der Waals surface area contributed by atoms with E-state index >= 15 is 0 Å². The third-order valence-electron chi connectivity index (χ3n) is 4.32. The van der Waals surface area contributed by atoms with Crippen molar-refractivity contribution in [3.8, 4) is 17.0 Å². The molecule has 3 rings (SSSR count). The molecule has 2 heterocycles. The number of hydrogen-bond acceptors (Lipinski definition) is 5. The number of benzene rings is 1. The van der Waals surface area contributed by atoms with Gasteiger partial charge in [-0.2, -0.15) is 0 Å². The van der Waals surface area contributed by atoms with Crippen molar-refractivity contribution < 1.29 is 14.3 Å². The molecular formula is C19H23N3O3. The van der Waals surface area contributed by atoms with Gasteiger partial charge in [-0.15, -0.1) is 0 Å². The number of nitrogens with zero attached hydrogens (tertiary/aromatic N) is 2. The van der Waals surface area contributed by atoms with Crippen molar-refractivity contribution in [2.45, 2.75) is 12.6 Å². The number of hydrogen-bond donors (Lipinski definition) is 1. The van der Waals surface area contributed by atoms with Gasteiger partial charge in [0.1, 0.15) is 6.04 Å². The molecule has 2 aromatic rings. The van der Waals surface area contributed by atoms with E-state index in [0.717, 1.165) is 23.2 Å². The third kappa shape index (κ3) is 4.15. The Morgan fingerprint density at radius 1 is 1.16 bits per heavy atom. The summed E-state index contributed by atoms with van der Waals surface area (Å²) < 4.78 is 10.2. The molecule has 1 aromatic heterocycles. The second-order valence-electron chi connectivity index (χ2n) is 6.01. The molecule has 0 saturated carbocycles. The fraction of sp³-hybridized carbons (Fsp3) is 0.368. The quantitative estimate of drug-likeness (QED) is 0.866. The molecule has 25 heavy (non-hydrogen) atoms. The molecule has 132 valence electrons. The Bertz CT molecular complexity index is 699. The van der Waals surface area contributed by atoms with Crippen LogP contribution < -0.4 is 10.1 Å². The van der Waals surface area contributed by atoms with Gasteiger partial charge in [0.2, 0.25) is 11.8 Å². The molecule has 1 saturated heterocycles. The molecule has 1 aliphatic rings. The minimum atomic E-state index is -0.247. The van der Waals surface area contributed by atoms with Crippen molar-refractivity contribution in [2.75, 3.05) is 33.9 Å². The lowest BCUT2D eigenvalue weighted by molar-refractivity contribution is -0.137. The average molecular weight is 341 g/mol. The lowest BCUT2D eigenvalue weighted by Crippen LogP contribution is -2.56. The van der Waals surface area contributed by atoms with Crippen LogP contribution in [0, 0.1) is 0 Å². The van der Waals surface area contributed by atoms with E-state index in [1.54, 1.807) is 20.4 Å². The Kier molecular flexibility index (Phi) is 5.63. The molecule has 6 nitrogen and oxygen atoms in total. The van der Waals surface area contributed by atoms with E-state index in [0.29, 0.717) is 25.6 Å². The van der Waals surface area contributed by atoms with Crippen LogP contribution in [0.15, 0.2) is 42.6 Å². The summed E-state index contributed by atoms with van der Waals surface area (Å²) in [5, 5.41) is 3.19. The van der Waals surface area contributed by atoms with Gasteiger partial charge in [0.15, 0.2) is 0 Å². The summed E-state index contributed by atoms with van der Waals surface area (Å²) in [5.74, 6) is 0.694. The summed E-state index contributed by atoms with van der Waals surface area (Å²) in [7, 11) is 3.21. The Morgan fingerprint density at radius 3 is 2.56 bits per heavy atom. The maximum atomic E-state index is 12.4. The number of nitrogens with one attached hydrogen (secondary N) is 1. The van der Waals surface area contributed by atoms with Gasteiger partial charge in [0.05, 0.1) is 13.7 Å². The normalized spacial score (nSPS) is 17.6. The summed E-state index contributed by atoms with van der Waals surface area (Å²) in [6, 6.07) is 11.8. The van der Waals surface area contributed by atoms with Crippen LogP contribution in [0.3, 0.4) is 0 Å². The molecule has 1 aromatic carbocycles. The molecule has 0 aliphatic carbocycles. The highest BCUT2D eigenvalue weighted by molar-refractivity contribution is 5.82. The number of aromatic nitrogens is 1. The molecule has 1 N–H and O–H groups in total. The monoisotopic (exact) mass is 341 g/mol. The summed E-state index contributed by atoms with van der Waals surface area (Å²) in [4.78, 5) is 18.5. The zero-order chi connectivity index (χ0) is 17.6.